The lowest BCUT2D eigenvalue weighted by Gasteiger charge is -2.07. The van der Waals surface area contributed by atoms with Crippen molar-refractivity contribution in [2.45, 2.75) is 19.8 Å². The Morgan fingerprint density at radius 3 is 2.76 bits per heavy atom. The Morgan fingerprint density at radius 2 is 2.18 bits per heavy atom. The molecule has 6 nitrogen and oxygen atoms in total. The molecule has 0 aliphatic rings. The highest BCUT2D eigenvalue weighted by Crippen LogP contribution is 2.24. The van der Waals surface area contributed by atoms with Crippen molar-refractivity contribution in [2.24, 2.45) is 5.84 Å². The molecule has 0 spiro atoms. The summed E-state index contributed by atoms with van der Waals surface area (Å²) in [6, 6.07) is 1.97. The van der Waals surface area contributed by atoms with Crippen molar-refractivity contribution >= 4 is 21.7 Å². The lowest BCUT2D eigenvalue weighted by Crippen LogP contribution is -2.11. The van der Waals surface area contributed by atoms with Gasteiger partial charge in [0.1, 0.15) is 10.8 Å². The highest BCUT2D eigenvalue weighted by atomic mass is 79.9. The summed E-state index contributed by atoms with van der Waals surface area (Å²) in [5, 5.41) is 4.44. The van der Waals surface area contributed by atoms with Gasteiger partial charge in [-0.15, -0.1) is 0 Å². The number of hydrazine groups is 1. The summed E-state index contributed by atoms with van der Waals surface area (Å²) in [5.74, 6) is 6.91. The molecular weight excluding hydrogens is 284 g/mol. The minimum Gasteiger partial charge on any atom is -0.307 e. The molecule has 0 unspecified atom stereocenters. The third-order valence-electron chi connectivity index (χ3n) is 2.33. The Labute approximate surface area is 107 Å². The Morgan fingerprint density at radius 1 is 1.41 bits per heavy atom. The van der Waals surface area contributed by atoms with Crippen molar-refractivity contribution < 1.29 is 0 Å². The van der Waals surface area contributed by atoms with Crippen LogP contribution in [0.25, 0.3) is 5.82 Å². The number of nitrogens with one attached hydrogen (secondary N) is 1. The van der Waals surface area contributed by atoms with E-state index in [2.05, 4.69) is 50.3 Å². The van der Waals surface area contributed by atoms with Gasteiger partial charge in [0.05, 0.1) is 5.69 Å². The zero-order chi connectivity index (χ0) is 12.4. The van der Waals surface area contributed by atoms with E-state index in [1.165, 1.54) is 6.33 Å². The predicted octanol–water partition coefficient (Wildman–Crippen LogP) is 1.83. The molecule has 90 valence electrons. The lowest BCUT2D eigenvalue weighted by atomic mass is 10.1. The molecule has 3 N–H and O–H groups in total. The van der Waals surface area contributed by atoms with Crippen LogP contribution >= 0.6 is 15.9 Å². The fourth-order valence-electron chi connectivity index (χ4n) is 1.38. The van der Waals surface area contributed by atoms with Crippen molar-refractivity contribution in [1.29, 1.82) is 0 Å². The second kappa shape index (κ2) is 4.80. The number of rotatable bonds is 3. The Hall–Kier alpha value is -1.47. The number of nitrogen functional groups attached to an aromatic ring is 1. The molecular formula is C10H13BrN6. The normalized spacial score (nSPS) is 10.9. The van der Waals surface area contributed by atoms with Crippen LogP contribution in [0.5, 0.6) is 0 Å². The first-order chi connectivity index (χ1) is 8.13. The molecule has 2 aromatic heterocycles. The number of hydrogen-bond donors (Lipinski definition) is 2. The van der Waals surface area contributed by atoms with E-state index in [1.54, 1.807) is 4.68 Å². The van der Waals surface area contributed by atoms with Gasteiger partial charge < -0.3 is 5.43 Å². The lowest BCUT2D eigenvalue weighted by molar-refractivity contribution is 0.753. The quantitative estimate of drug-likeness (QED) is 0.667. The number of halogens is 1. The van der Waals surface area contributed by atoms with E-state index in [4.69, 9.17) is 5.84 Å². The molecule has 0 fully saturated rings. The van der Waals surface area contributed by atoms with E-state index in [0.717, 1.165) is 5.69 Å². The molecule has 2 rings (SSSR count). The van der Waals surface area contributed by atoms with Crippen molar-refractivity contribution in [3.8, 4) is 5.82 Å². The summed E-state index contributed by atoms with van der Waals surface area (Å²) in [7, 11) is 0. The second-order valence-corrected chi connectivity index (χ2v) is 4.64. The molecule has 17 heavy (non-hydrogen) atoms. The van der Waals surface area contributed by atoms with Gasteiger partial charge in [0.25, 0.3) is 0 Å². The number of anilines is 1. The van der Waals surface area contributed by atoms with Crippen LogP contribution in [0, 0.1) is 0 Å². The van der Waals surface area contributed by atoms with Gasteiger partial charge in [-0.2, -0.15) is 5.10 Å². The molecule has 0 aliphatic heterocycles. The Kier molecular flexibility index (Phi) is 3.39. The largest absolute Gasteiger partial charge is 0.307 e. The van der Waals surface area contributed by atoms with Crippen LogP contribution < -0.4 is 11.3 Å². The van der Waals surface area contributed by atoms with E-state index in [-0.39, 0.29) is 0 Å². The van der Waals surface area contributed by atoms with Crippen molar-refractivity contribution in [3.63, 3.8) is 0 Å². The smallest absolute Gasteiger partial charge is 0.173 e. The van der Waals surface area contributed by atoms with Crippen LogP contribution in [0.2, 0.25) is 0 Å². The van der Waals surface area contributed by atoms with Crippen LogP contribution in [-0.2, 0) is 0 Å². The van der Waals surface area contributed by atoms with Gasteiger partial charge in [0, 0.05) is 6.20 Å². The monoisotopic (exact) mass is 296 g/mol. The molecule has 0 atom stereocenters. The van der Waals surface area contributed by atoms with Crippen LogP contribution in [0.15, 0.2) is 23.1 Å². The van der Waals surface area contributed by atoms with Gasteiger partial charge in [-0.1, -0.05) is 13.8 Å². The minimum atomic E-state index is 0.379. The van der Waals surface area contributed by atoms with E-state index < -0.39 is 0 Å². The highest BCUT2D eigenvalue weighted by Gasteiger charge is 2.11. The second-order valence-electron chi connectivity index (χ2n) is 3.84. The highest BCUT2D eigenvalue weighted by molar-refractivity contribution is 9.10. The van der Waals surface area contributed by atoms with Crippen molar-refractivity contribution in [1.82, 2.24) is 19.7 Å². The van der Waals surface area contributed by atoms with Gasteiger partial charge in [0.2, 0.25) is 0 Å². The fourth-order valence-corrected chi connectivity index (χ4v) is 1.89. The Bertz CT molecular complexity index is 521. The number of nitrogens with zero attached hydrogens (tertiary/aromatic N) is 4. The average molecular weight is 297 g/mol. The topological polar surface area (TPSA) is 81.7 Å². The van der Waals surface area contributed by atoms with Crippen LogP contribution in [0.3, 0.4) is 0 Å². The summed E-state index contributed by atoms with van der Waals surface area (Å²) < 4.78 is 2.38. The molecule has 2 heterocycles. The van der Waals surface area contributed by atoms with Crippen molar-refractivity contribution in [3.05, 3.63) is 28.8 Å². The maximum absolute atomic E-state index is 5.35. The summed E-state index contributed by atoms with van der Waals surface area (Å²) in [5.41, 5.74) is 3.51. The number of hydrogen-bond acceptors (Lipinski definition) is 5. The summed E-state index contributed by atoms with van der Waals surface area (Å²) in [6.45, 7) is 4.18. The van der Waals surface area contributed by atoms with E-state index >= 15 is 0 Å². The van der Waals surface area contributed by atoms with Crippen LogP contribution in [0.1, 0.15) is 25.5 Å². The maximum atomic E-state index is 5.35. The van der Waals surface area contributed by atoms with E-state index in [0.29, 0.717) is 22.0 Å². The number of aromatic nitrogens is 4. The van der Waals surface area contributed by atoms with E-state index in [1.807, 2.05) is 12.3 Å². The first kappa shape index (κ1) is 12.0. The zero-order valence-corrected chi connectivity index (χ0v) is 11.1. The van der Waals surface area contributed by atoms with Gasteiger partial charge in [-0.3, -0.25) is 0 Å². The Balaban J connectivity index is 2.45. The van der Waals surface area contributed by atoms with Gasteiger partial charge in [-0.25, -0.2) is 20.5 Å². The molecule has 0 aliphatic carbocycles. The molecule has 0 amide bonds. The summed E-state index contributed by atoms with van der Waals surface area (Å²) in [6.07, 6.45) is 3.30. The number of nitrogens with two attached hydrogens (primary N) is 1. The summed E-state index contributed by atoms with van der Waals surface area (Å²) >= 11 is 3.40. The third kappa shape index (κ3) is 2.29. The standard InChI is InChI=1S/C10H13BrN6/c1-6(2)7-3-4-17(16-7)10-8(11)9(15-12)13-5-14-10/h3-6H,12H2,1-2H3,(H,13,14,15). The van der Waals surface area contributed by atoms with Crippen molar-refractivity contribution in [2.75, 3.05) is 5.43 Å². The molecule has 2 aromatic rings. The maximum Gasteiger partial charge on any atom is 0.173 e. The molecule has 0 radical (unpaired) electrons. The predicted molar refractivity (Wildman–Crippen MR) is 68.8 cm³/mol. The van der Waals surface area contributed by atoms with Gasteiger partial charge in [0.15, 0.2) is 11.6 Å². The molecule has 0 aromatic carbocycles. The third-order valence-corrected chi connectivity index (χ3v) is 3.06. The first-order valence-electron chi connectivity index (χ1n) is 5.16. The van der Waals surface area contributed by atoms with Crippen LogP contribution in [-0.4, -0.2) is 19.7 Å². The fraction of sp³-hybridized carbons (Fsp3) is 0.300. The van der Waals surface area contributed by atoms with Crippen LogP contribution in [0.4, 0.5) is 5.82 Å². The first-order valence-corrected chi connectivity index (χ1v) is 5.96. The SMILES string of the molecule is CC(C)c1ccn(-c2ncnc(NN)c2Br)n1. The molecule has 0 saturated heterocycles. The minimum absolute atomic E-state index is 0.379. The van der Waals surface area contributed by atoms with E-state index in [9.17, 15) is 0 Å². The average Bonchev–Trinajstić information content (AvgIpc) is 2.78. The van der Waals surface area contributed by atoms with Gasteiger partial charge in [-0.05, 0) is 27.9 Å². The summed E-state index contributed by atoms with van der Waals surface area (Å²) in [4.78, 5) is 8.17. The molecule has 7 heteroatoms. The zero-order valence-electron chi connectivity index (χ0n) is 9.55. The van der Waals surface area contributed by atoms with Gasteiger partial charge >= 0.3 is 0 Å². The molecule has 0 saturated carbocycles. The molecule has 0 bridgehead atoms.